The Balaban J connectivity index is 2.19. The number of hydrogen-bond donors (Lipinski definition) is 2. The van der Waals surface area contributed by atoms with Crippen LogP contribution in [0.1, 0.15) is 26.2 Å². The molecule has 2 N–H and O–H groups in total. The molecule has 1 aliphatic carbocycles. The van der Waals surface area contributed by atoms with Crippen molar-refractivity contribution >= 4 is 5.91 Å². The quantitative estimate of drug-likeness (QED) is 0.595. The topological polar surface area (TPSA) is 58.6 Å². The summed E-state index contributed by atoms with van der Waals surface area (Å²) in [5, 5.41) is 12.6. The first-order chi connectivity index (χ1) is 6.15. The molecule has 1 unspecified atom stereocenters. The second-order valence-electron chi connectivity index (χ2n) is 3.95. The van der Waals surface area contributed by atoms with Gasteiger partial charge in [0.15, 0.2) is 0 Å². The first kappa shape index (κ1) is 8.97. The summed E-state index contributed by atoms with van der Waals surface area (Å²) >= 11 is 0. The van der Waals surface area contributed by atoms with Crippen LogP contribution in [0.4, 0.5) is 0 Å². The fraction of sp³-hybridized carbons (Fsp3) is 0.889. The number of nitrogens with one attached hydrogen (secondary N) is 1. The molecule has 2 fully saturated rings. The molecule has 1 aliphatic heterocycles. The number of hydrogen-bond acceptors (Lipinski definition) is 3. The predicted molar refractivity (Wildman–Crippen MR) is 46.1 cm³/mol. The predicted octanol–water partition coefficient (Wildman–Crippen LogP) is -0.195. The van der Waals surface area contributed by atoms with Crippen LogP contribution in [-0.4, -0.2) is 35.4 Å². The third-order valence-electron chi connectivity index (χ3n) is 3.09. The van der Waals surface area contributed by atoms with Gasteiger partial charge in [-0.25, -0.2) is 0 Å². The van der Waals surface area contributed by atoms with Crippen molar-refractivity contribution in [1.29, 1.82) is 0 Å². The van der Waals surface area contributed by atoms with Crippen LogP contribution < -0.4 is 5.32 Å². The molecule has 0 aromatic rings. The van der Waals surface area contributed by atoms with Crippen molar-refractivity contribution in [2.24, 2.45) is 0 Å². The number of rotatable bonds is 1. The van der Waals surface area contributed by atoms with Gasteiger partial charge in [-0.05, 0) is 19.3 Å². The number of aliphatic hydroxyl groups excluding tert-OH is 1. The first-order valence-corrected chi connectivity index (χ1v) is 4.73. The van der Waals surface area contributed by atoms with E-state index in [1.165, 1.54) is 6.92 Å². The lowest BCUT2D eigenvalue weighted by molar-refractivity contribution is -0.122. The maximum absolute atomic E-state index is 11.0. The van der Waals surface area contributed by atoms with Crippen LogP contribution in [0.15, 0.2) is 0 Å². The minimum atomic E-state index is -0.538. The summed E-state index contributed by atoms with van der Waals surface area (Å²) in [7, 11) is 0. The van der Waals surface area contributed by atoms with E-state index in [0.29, 0.717) is 6.61 Å². The lowest BCUT2D eigenvalue weighted by Crippen LogP contribution is -2.57. The van der Waals surface area contributed by atoms with Crippen LogP contribution >= 0.6 is 0 Å². The number of aliphatic hydroxyl groups is 1. The minimum absolute atomic E-state index is 0.0198. The molecule has 0 radical (unpaired) electrons. The Labute approximate surface area is 77.3 Å². The minimum Gasteiger partial charge on any atom is -0.388 e. The van der Waals surface area contributed by atoms with E-state index in [-0.39, 0.29) is 12.0 Å². The maximum Gasteiger partial charge on any atom is 0.217 e. The van der Waals surface area contributed by atoms with Crippen molar-refractivity contribution in [3.05, 3.63) is 0 Å². The smallest absolute Gasteiger partial charge is 0.217 e. The molecule has 13 heavy (non-hydrogen) atoms. The maximum atomic E-state index is 11.0. The van der Waals surface area contributed by atoms with Crippen molar-refractivity contribution in [2.75, 3.05) is 6.61 Å². The lowest BCUT2D eigenvalue weighted by atomic mass is 9.91. The van der Waals surface area contributed by atoms with Gasteiger partial charge in [-0.1, -0.05) is 0 Å². The molecular weight excluding hydrogens is 170 g/mol. The molecule has 0 aromatic carbocycles. The highest BCUT2D eigenvalue weighted by molar-refractivity contribution is 5.74. The van der Waals surface area contributed by atoms with E-state index in [4.69, 9.17) is 4.74 Å². The third-order valence-corrected chi connectivity index (χ3v) is 3.09. The Morgan fingerprint density at radius 1 is 1.69 bits per heavy atom. The van der Waals surface area contributed by atoms with Crippen molar-refractivity contribution in [3.63, 3.8) is 0 Å². The second-order valence-corrected chi connectivity index (χ2v) is 3.95. The molecule has 3 atom stereocenters. The highest BCUT2D eigenvalue weighted by Gasteiger charge is 2.54. The fourth-order valence-corrected chi connectivity index (χ4v) is 2.52. The molecule has 0 aromatic heterocycles. The van der Waals surface area contributed by atoms with Crippen LogP contribution in [0.25, 0.3) is 0 Å². The number of carbonyl (C=O) groups excluding carboxylic acids is 1. The molecule has 1 heterocycles. The van der Waals surface area contributed by atoms with E-state index in [1.54, 1.807) is 0 Å². The number of amides is 1. The fourth-order valence-electron chi connectivity index (χ4n) is 2.52. The van der Waals surface area contributed by atoms with Crippen LogP contribution in [-0.2, 0) is 9.53 Å². The van der Waals surface area contributed by atoms with Gasteiger partial charge in [0.1, 0.15) is 6.10 Å². The summed E-state index contributed by atoms with van der Waals surface area (Å²) in [6, 6.07) is 0. The summed E-state index contributed by atoms with van der Waals surface area (Å²) < 4.78 is 5.43. The van der Waals surface area contributed by atoms with Gasteiger partial charge >= 0.3 is 0 Å². The first-order valence-electron chi connectivity index (χ1n) is 4.73. The van der Waals surface area contributed by atoms with E-state index in [1.807, 2.05) is 0 Å². The van der Waals surface area contributed by atoms with Crippen LogP contribution in [0.3, 0.4) is 0 Å². The van der Waals surface area contributed by atoms with Gasteiger partial charge in [-0.15, -0.1) is 0 Å². The summed E-state index contributed by atoms with van der Waals surface area (Å²) in [4.78, 5) is 11.0. The molecule has 1 saturated carbocycles. The van der Waals surface area contributed by atoms with Crippen molar-refractivity contribution in [1.82, 2.24) is 5.32 Å². The summed E-state index contributed by atoms with van der Waals surface area (Å²) in [5.74, 6) is -0.0866. The van der Waals surface area contributed by atoms with Crippen molar-refractivity contribution in [2.45, 2.75) is 43.9 Å². The largest absolute Gasteiger partial charge is 0.388 e. The Morgan fingerprint density at radius 3 is 3.15 bits per heavy atom. The summed E-state index contributed by atoms with van der Waals surface area (Å²) in [6.45, 7) is 1.83. The highest BCUT2D eigenvalue weighted by Crippen LogP contribution is 2.39. The van der Waals surface area contributed by atoms with Gasteiger partial charge in [0.25, 0.3) is 0 Å². The van der Waals surface area contributed by atoms with Crippen molar-refractivity contribution in [3.8, 4) is 0 Å². The van der Waals surface area contributed by atoms with Gasteiger partial charge in [0, 0.05) is 6.92 Å². The molecule has 74 valence electrons. The van der Waals surface area contributed by atoms with E-state index in [2.05, 4.69) is 5.32 Å². The van der Waals surface area contributed by atoms with Gasteiger partial charge in [0.2, 0.25) is 5.91 Å². The Morgan fingerprint density at radius 2 is 2.46 bits per heavy atom. The molecule has 4 nitrogen and oxygen atoms in total. The van der Waals surface area contributed by atoms with Crippen LogP contribution in [0, 0.1) is 0 Å². The zero-order valence-corrected chi connectivity index (χ0v) is 7.75. The van der Waals surface area contributed by atoms with Gasteiger partial charge < -0.3 is 15.2 Å². The van der Waals surface area contributed by atoms with Crippen molar-refractivity contribution < 1.29 is 14.6 Å². The summed E-state index contributed by atoms with van der Waals surface area (Å²) in [5.41, 5.74) is -0.480. The Hall–Kier alpha value is -0.610. The summed E-state index contributed by atoms with van der Waals surface area (Å²) in [6.07, 6.45) is 2.27. The zero-order chi connectivity index (χ0) is 9.47. The van der Waals surface area contributed by atoms with Crippen LogP contribution in [0.5, 0.6) is 0 Å². The zero-order valence-electron chi connectivity index (χ0n) is 7.75. The van der Waals surface area contributed by atoms with Gasteiger partial charge in [-0.3, -0.25) is 4.79 Å². The molecular formula is C9H15NO3. The number of fused-ring (bicyclic) bond motifs is 1. The van der Waals surface area contributed by atoms with E-state index >= 15 is 0 Å². The molecule has 0 spiro atoms. The Bertz CT molecular complexity index is 231. The number of ether oxygens (including phenoxy) is 1. The monoisotopic (exact) mass is 185 g/mol. The molecule has 4 heteroatoms. The number of carbonyl (C=O) groups is 1. The van der Waals surface area contributed by atoms with E-state index < -0.39 is 11.6 Å². The SMILES string of the molecule is CC(=O)N[C@]12CCC[C@H]1OCC2O. The van der Waals surface area contributed by atoms with Gasteiger partial charge in [0.05, 0.1) is 18.2 Å². The standard InChI is InChI=1S/C9H15NO3/c1-6(11)10-9-4-2-3-8(9)13-5-7(9)12/h7-8,12H,2-5H2,1H3,(H,10,11)/t7?,8-,9+/m1/s1. The normalized spacial score (nSPS) is 43.2. The molecule has 2 rings (SSSR count). The van der Waals surface area contributed by atoms with Crippen LogP contribution in [0.2, 0.25) is 0 Å². The van der Waals surface area contributed by atoms with E-state index in [0.717, 1.165) is 19.3 Å². The third kappa shape index (κ3) is 1.25. The molecule has 2 aliphatic rings. The second kappa shape index (κ2) is 2.96. The average molecular weight is 185 g/mol. The highest BCUT2D eigenvalue weighted by atomic mass is 16.5. The average Bonchev–Trinajstić information content (AvgIpc) is 2.53. The molecule has 1 amide bonds. The van der Waals surface area contributed by atoms with E-state index in [9.17, 15) is 9.90 Å². The molecule has 0 bridgehead atoms. The Kier molecular flexibility index (Phi) is 2.04. The van der Waals surface area contributed by atoms with Gasteiger partial charge in [-0.2, -0.15) is 0 Å². The lowest BCUT2D eigenvalue weighted by Gasteiger charge is -2.31. The molecule has 1 saturated heterocycles.